The zero-order chi connectivity index (χ0) is 15.6. The van der Waals surface area contributed by atoms with E-state index in [0.717, 1.165) is 18.2 Å². The minimum absolute atomic E-state index is 0.146. The zero-order valence-corrected chi connectivity index (χ0v) is 11.4. The SMILES string of the molecule is CC1COC(CO)CN1C(=O)c1ccc([N+](=O)[O-])cc1F. The second-order valence-electron chi connectivity index (χ2n) is 4.87. The van der Waals surface area contributed by atoms with Crippen LogP contribution in [0.3, 0.4) is 0 Å². The summed E-state index contributed by atoms with van der Waals surface area (Å²) in [7, 11) is 0. The lowest BCUT2D eigenvalue weighted by Crippen LogP contribution is -2.52. The molecule has 1 aliphatic heterocycles. The number of hydrogen-bond donors (Lipinski definition) is 1. The van der Waals surface area contributed by atoms with Crippen molar-refractivity contribution in [3.8, 4) is 0 Å². The summed E-state index contributed by atoms with van der Waals surface area (Å²) in [6, 6.07) is 2.65. The van der Waals surface area contributed by atoms with Crippen LogP contribution in [0.4, 0.5) is 10.1 Å². The Morgan fingerprint density at radius 3 is 2.90 bits per heavy atom. The van der Waals surface area contributed by atoms with E-state index in [1.807, 2.05) is 0 Å². The van der Waals surface area contributed by atoms with Gasteiger partial charge in [0.1, 0.15) is 5.82 Å². The summed E-state index contributed by atoms with van der Waals surface area (Å²) in [5.74, 6) is -1.51. The van der Waals surface area contributed by atoms with Gasteiger partial charge in [0, 0.05) is 12.6 Å². The molecule has 0 bridgehead atoms. The van der Waals surface area contributed by atoms with Gasteiger partial charge in [0.2, 0.25) is 0 Å². The van der Waals surface area contributed by atoms with Crippen LogP contribution in [0.25, 0.3) is 0 Å². The molecular weight excluding hydrogens is 283 g/mol. The van der Waals surface area contributed by atoms with Gasteiger partial charge in [0.25, 0.3) is 11.6 Å². The lowest BCUT2D eigenvalue weighted by Gasteiger charge is -2.37. The average molecular weight is 298 g/mol. The van der Waals surface area contributed by atoms with E-state index in [-0.39, 0.29) is 31.4 Å². The summed E-state index contributed by atoms with van der Waals surface area (Å²) in [5.41, 5.74) is -0.640. The van der Waals surface area contributed by atoms with Crippen LogP contribution in [0, 0.1) is 15.9 Å². The standard InChI is InChI=1S/C13H15FN2O5/c1-8-7-21-10(6-17)5-15(8)13(18)11-3-2-9(16(19)20)4-12(11)14/h2-4,8,10,17H,5-7H2,1H3. The molecule has 1 amide bonds. The van der Waals surface area contributed by atoms with Gasteiger partial charge in [-0.3, -0.25) is 14.9 Å². The van der Waals surface area contributed by atoms with Gasteiger partial charge in [0.15, 0.2) is 0 Å². The van der Waals surface area contributed by atoms with Crippen molar-refractivity contribution in [3.05, 3.63) is 39.7 Å². The molecule has 2 unspecified atom stereocenters. The zero-order valence-electron chi connectivity index (χ0n) is 11.4. The van der Waals surface area contributed by atoms with Crippen LogP contribution in [-0.4, -0.2) is 52.7 Å². The van der Waals surface area contributed by atoms with Crippen molar-refractivity contribution in [2.45, 2.75) is 19.1 Å². The molecule has 1 N–H and O–H groups in total. The molecule has 1 aromatic carbocycles. The quantitative estimate of drug-likeness (QED) is 0.662. The van der Waals surface area contributed by atoms with Crippen LogP contribution in [0.5, 0.6) is 0 Å². The fraction of sp³-hybridized carbons (Fsp3) is 0.462. The number of ether oxygens (including phenoxy) is 1. The van der Waals surface area contributed by atoms with E-state index in [9.17, 15) is 19.3 Å². The highest BCUT2D eigenvalue weighted by Crippen LogP contribution is 2.21. The van der Waals surface area contributed by atoms with E-state index in [2.05, 4.69) is 0 Å². The van der Waals surface area contributed by atoms with Crippen LogP contribution in [0.1, 0.15) is 17.3 Å². The van der Waals surface area contributed by atoms with Crippen molar-refractivity contribution in [1.29, 1.82) is 0 Å². The summed E-state index contributed by atoms with van der Waals surface area (Å²) >= 11 is 0. The Bertz CT molecular complexity index is 565. The molecule has 0 saturated carbocycles. The van der Waals surface area contributed by atoms with Gasteiger partial charge >= 0.3 is 0 Å². The monoisotopic (exact) mass is 298 g/mol. The first kappa shape index (κ1) is 15.3. The molecule has 0 aromatic heterocycles. The molecule has 1 heterocycles. The Labute approximate surface area is 120 Å². The minimum Gasteiger partial charge on any atom is -0.394 e. The van der Waals surface area contributed by atoms with Crippen molar-refractivity contribution < 1.29 is 24.0 Å². The molecule has 8 heteroatoms. The fourth-order valence-electron chi connectivity index (χ4n) is 2.16. The highest BCUT2D eigenvalue weighted by molar-refractivity contribution is 5.95. The first-order valence-corrected chi connectivity index (χ1v) is 6.41. The maximum absolute atomic E-state index is 13.9. The van der Waals surface area contributed by atoms with Gasteiger partial charge in [-0.05, 0) is 13.0 Å². The molecular formula is C13H15FN2O5. The normalized spacial score (nSPS) is 22.1. The molecule has 1 aliphatic rings. The number of benzene rings is 1. The molecule has 1 saturated heterocycles. The topological polar surface area (TPSA) is 92.9 Å². The summed E-state index contributed by atoms with van der Waals surface area (Å²) < 4.78 is 19.2. The van der Waals surface area contributed by atoms with Crippen LogP contribution in [-0.2, 0) is 4.74 Å². The van der Waals surface area contributed by atoms with Crippen molar-refractivity contribution in [2.24, 2.45) is 0 Å². The molecule has 0 radical (unpaired) electrons. The number of aliphatic hydroxyl groups is 1. The Kier molecular flexibility index (Phi) is 4.49. The van der Waals surface area contributed by atoms with Crippen LogP contribution < -0.4 is 0 Å². The molecule has 2 rings (SSSR count). The number of halogens is 1. The maximum Gasteiger partial charge on any atom is 0.272 e. The Balaban J connectivity index is 2.24. The van der Waals surface area contributed by atoms with E-state index in [1.54, 1.807) is 6.92 Å². The first-order valence-electron chi connectivity index (χ1n) is 6.41. The van der Waals surface area contributed by atoms with Gasteiger partial charge in [-0.15, -0.1) is 0 Å². The van der Waals surface area contributed by atoms with E-state index >= 15 is 0 Å². The lowest BCUT2D eigenvalue weighted by molar-refractivity contribution is -0.385. The van der Waals surface area contributed by atoms with Crippen molar-refractivity contribution >= 4 is 11.6 Å². The summed E-state index contributed by atoms with van der Waals surface area (Å²) in [6.07, 6.45) is -0.508. The van der Waals surface area contributed by atoms with Gasteiger partial charge in [-0.2, -0.15) is 0 Å². The van der Waals surface area contributed by atoms with Crippen LogP contribution in [0.2, 0.25) is 0 Å². The summed E-state index contributed by atoms with van der Waals surface area (Å²) in [6.45, 7) is 1.90. The third kappa shape index (κ3) is 3.17. The predicted octanol–water partition coefficient (Wildman–Crippen LogP) is 0.956. The van der Waals surface area contributed by atoms with Gasteiger partial charge < -0.3 is 14.7 Å². The average Bonchev–Trinajstić information content (AvgIpc) is 2.47. The van der Waals surface area contributed by atoms with E-state index < -0.39 is 28.4 Å². The van der Waals surface area contributed by atoms with E-state index in [1.165, 1.54) is 4.90 Å². The third-order valence-corrected chi connectivity index (χ3v) is 3.36. The van der Waals surface area contributed by atoms with Gasteiger partial charge in [-0.25, -0.2) is 4.39 Å². The minimum atomic E-state index is -0.937. The van der Waals surface area contributed by atoms with E-state index in [4.69, 9.17) is 9.84 Å². The lowest BCUT2D eigenvalue weighted by atomic mass is 10.1. The maximum atomic E-state index is 13.9. The number of aliphatic hydroxyl groups excluding tert-OH is 1. The second-order valence-corrected chi connectivity index (χ2v) is 4.87. The molecule has 2 atom stereocenters. The number of rotatable bonds is 3. The first-order chi connectivity index (χ1) is 9.93. The molecule has 1 aromatic rings. The van der Waals surface area contributed by atoms with E-state index in [0.29, 0.717) is 0 Å². The van der Waals surface area contributed by atoms with Gasteiger partial charge in [-0.1, -0.05) is 0 Å². The molecule has 0 aliphatic carbocycles. The Hall–Kier alpha value is -2.06. The molecule has 0 spiro atoms. The largest absolute Gasteiger partial charge is 0.394 e. The number of morpholine rings is 1. The van der Waals surface area contributed by atoms with Crippen molar-refractivity contribution in [3.63, 3.8) is 0 Å². The Morgan fingerprint density at radius 2 is 2.33 bits per heavy atom. The molecule has 7 nitrogen and oxygen atoms in total. The number of carbonyl (C=O) groups excluding carboxylic acids is 1. The Morgan fingerprint density at radius 1 is 1.62 bits per heavy atom. The molecule has 114 valence electrons. The van der Waals surface area contributed by atoms with Crippen molar-refractivity contribution in [1.82, 2.24) is 4.90 Å². The number of nitro benzene ring substituents is 1. The number of non-ortho nitro benzene ring substituents is 1. The number of carbonyl (C=O) groups is 1. The van der Waals surface area contributed by atoms with Gasteiger partial charge in [0.05, 0.1) is 41.9 Å². The fourth-order valence-corrected chi connectivity index (χ4v) is 2.16. The third-order valence-electron chi connectivity index (χ3n) is 3.36. The van der Waals surface area contributed by atoms with Crippen LogP contribution in [0.15, 0.2) is 18.2 Å². The highest BCUT2D eigenvalue weighted by atomic mass is 19.1. The summed E-state index contributed by atoms with van der Waals surface area (Å²) in [5, 5.41) is 19.7. The predicted molar refractivity (Wildman–Crippen MR) is 70.4 cm³/mol. The number of nitrogens with zero attached hydrogens (tertiary/aromatic N) is 2. The van der Waals surface area contributed by atoms with Crippen molar-refractivity contribution in [2.75, 3.05) is 19.8 Å². The number of hydrogen-bond acceptors (Lipinski definition) is 5. The number of amides is 1. The second kappa shape index (κ2) is 6.15. The highest BCUT2D eigenvalue weighted by Gasteiger charge is 2.31. The number of nitro groups is 1. The molecule has 1 fully saturated rings. The smallest absolute Gasteiger partial charge is 0.272 e. The molecule has 21 heavy (non-hydrogen) atoms. The summed E-state index contributed by atoms with van der Waals surface area (Å²) in [4.78, 5) is 23.6. The van der Waals surface area contributed by atoms with Crippen LogP contribution >= 0.6 is 0 Å².